The molecular weight excluding hydrogens is 200 g/mol. The van der Waals surface area contributed by atoms with Crippen molar-refractivity contribution in [2.24, 2.45) is 0 Å². The van der Waals surface area contributed by atoms with E-state index in [0.29, 0.717) is 0 Å². The van der Waals surface area contributed by atoms with Crippen LogP contribution in [0.1, 0.15) is 0 Å². The van der Waals surface area contributed by atoms with Gasteiger partial charge in [-0.1, -0.05) is 0 Å². The van der Waals surface area contributed by atoms with E-state index < -0.39 is 0 Å². The van der Waals surface area contributed by atoms with Crippen LogP contribution in [0, 0.1) is 0 Å². The van der Waals surface area contributed by atoms with Gasteiger partial charge in [-0.15, -0.1) is 0 Å². The van der Waals surface area contributed by atoms with E-state index in [2.05, 4.69) is 0 Å². The van der Waals surface area contributed by atoms with Crippen molar-refractivity contribution < 1.29 is 15.9 Å². The Hall–Kier alpha value is 2.24. The fourth-order valence-electron chi connectivity index (χ4n) is 0. The quantitative estimate of drug-likeness (QED) is 0.512. The molecule has 0 aromatic heterocycles. The van der Waals surface area contributed by atoms with Crippen LogP contribution in [0.2, 0.25) is 0 Å². The molecule has 0 aliphatic heterocycles. The zero-order valence-electron chi connectivity index (χ0n) is 2.07. The second kappa shape index (κ2) is 8.97. The van der Waals surface area contributed by atoms with Crippen molar-refractivity contribution >= 4 is 48.6 Å². The molecule has 0 aliphatic carbocycles. The second-order valence-corrected chi connectivity index (χ2v) is 2.41. The SMILES string of the molecule is [Cl][Pd][Cl].[Na]. The molecule has 0 aromatic carbocycles. The van der Waals surface area contributed by atoms with Crippen LogP contribution in [0.5, 0.6) is 0 Å². The molecule has 4 heteroatoms. The van der Waals surface area contributed by atoms with Crippen LogP contribution < -0.4 is 0 Å². The Morgan fingerprint density at radius 3 is 1.25 bits per heavy atom. The molecule has 0 rings (SSSR count). The predicted octanol–water partition coefficient (Wildman–Crippen LogP) is 0.996. The first-order valence-corrected chi connectivity index (χ1v) is 4.24. The van der Waals surface area contributed by atoms with Gasteiger partial charge in [0.25, 0.3) is 0 Å². The standard InChI is InChI=1S/2ClH.Na.Pd/h2*1H;;/q;;;+2/p-2. The van der Waals surface area contributed by atoms with Gasteiger partial charge in [-0.3, -0.25) is 0 Å². The molecule has 4 heavy (non-hydrogen) atoms. The third-order valence-electron chi connectivity index (χ3n) is 0. The van der Waals surface area contributed by atoms with Crippen molar-refractivity contribution in [1.29, 1.82) is 0 Å². The third kappa shape index (κ3) is 8.87. The normalized spacial score (nSPS) is 5.50. The summed E-state index contributed by atoms with van der Waals surface area (Å²) >= 11 is -0.106. The van der Waals surface area contributed by atoms with Crippen LogP contribution in [0.4, 0.5) is 0 Å². The molecule has 0 heterocycles. The molecule has 0 saturated carbocycles. The van der Waals surface area contributed by atoms with Crippen LogP contribution in [0.3, 0.4) is 0 Å². The summed E-state index contributed by atoms with van der Waals surface area (Å²) in [7, 11) is 9.63. The van der Waals surface area contributed by atoms with Gasteiger partial charge < -0.3 is 0 Å². The Labute approximate surface area is 63.6 Å². The average Bonchev–Trinajstić information content (AvgIpc) is 0.918. The summed E-state index contributed by atoms with van der Waals surface area (Å²) in [6.07, 6.45) is 0. The molecule has 0 aromatic rings. The maximum absolute atomic E-state index is 4.81. The largest absolute Gasteiger partial charge is 0 e. The summed E-state index contributed by atoms with van der Waals surface area (Å²) in [5.74, 6) is 0. The topological polar surface area (TPSA) is 0 Å². The average molecular weight is 200 g/mol. The molecule has 0 spiro atoms. The van der Waals surface area contributed by atoms with Gasteiger partial charge in [0, 0.05) is 29.6 Å². The van der Waals surface area contributed by atoms with Gasteiger partial charge >= 0.3 is 35.0 Å². The van der Waals surface area contributed by atoms with Crippen molar-refractivity contribution in [3.05, 3.63) is 0 Å². The summed E-state index contributed by atoms with van der Waals surface area (Å²) in [6.45, 7) is 0. The number of halogens is 2. The van der Waals surface area contributed by atoms with Crippen molar-refractivity contribution in [2.75, 3.05) is 0 Å². The van der Waals surface area contributed by atoms with Gasteiger partial charge in [-0.05, 0) is 0 Å². The molecule has 0 N–H and O–H groups in total. The molecule has 0 bridgehead atoms. The van der Waals surface area contributed by atoms with Crippen LogP contribution in [-0.2, 0) is 15.9 Å². The molecule has 0 unspecified atom stereocenters. The third-order valence-corrected chi connectivity index (χ3v) is 0. The second-order valence-electron chi connectivity index (χ2n) is 0.0452. The smallest absolute Gasteiger partial charge is 0 e. The van der Waals surface area contributed by atoms with Gasteiger partial charge in [-0.2, -0.15) is 0 Å². The predicted molar refractivity (Wildman–Crippen MR) is 17.5 cm³/mol. The Morgan fingerprint density at radius 1 is 1.25 bits per heavy atom. The summed E-state index contributed by atoms with van der Waals surface area (Å²) < 4.78 is 0. The molecule has 1 radical (unpaired) electrons. The molecule has 25 valence electrons. The zero-order chi connectivity index (χ0) is 2.71. The van der Waals surface area contributed by atoms with E-state index >= 15 is 0 Å². The first kappa shape index (κ1) is 9.53. The molecule has 0 fully saturated rings. The first-order chi connectivity index (χ1) is 1.41. The maximum Gasteiger partial charge on any atom is 0 e. The zero-order valence-corrected chi connectivity index (χ0v) is 7.14. The Morgan fingerprint density at radius 2 is 1.25 bits per heavy atom. The number of rotatable bonds is 0. The van der Waals surface area contributed by atoms with Crippen LogP contribution in [0.15, 0.2) is 0 Å². The van der Waals surface area contributed by atoms with E-state index in [9.17, 15) is 0 Å². The fourth-order valence-corrected chi connectivity index (χ4v) is 0. The van der Waals surface area contributed by atoms with Crippen molar-refractivity contribution in [2.45, 2.75) is 0 Å². The molecule has 0 amide bonds. The number of hydrogen-bond donors (Lipinski definition) is 0. The van der Waals surface area contributed by atoms with E-state index in [1.54, 1.807) is 0 Å². The van der Waals surface area contributed by atoms with Crippen molar-refractivity contribution in [3.8, 4) is 0 Å². The van der Waals surface area contributed by atoms with Crippen LogP contribution in [0.25, 0.3) is 0 Å². The minimum absolute atomic E-state index is 0. The molecule has 0 atom stereocenters. The van der Waals surface area contributed by atoms with Gasteiger partial charge in [-0.25, -0.2) is 0 Å². The van der Waals surface area contributed by atoms with Gasteiger partial charge in [0.15, 0.2) is 0 Å². The summed E-state index contributed by atoms with van der Waals surface area (Å²) in [4.78, 5) is 0. The minimum atomic E-state index is -0.106. The van der Waals surface area contributed by atoms with Crippen molar-refractivity contribution in [3.63, 3.8) is 0 Å². The first-order valence-electron chi connectivity index (χ1n) is 0.239. The minimum Gasteiger partial charge on any atom is 0 e. The monoisotopic (exact) mass is 199 g/mol. The van der Waals surface area contributed by atoms with Gasteiger partial charge in [0.1, 0.15) is 0 Å². The summed E-state index contributed by atoms with van der Waals surface area (Å²) in [5, 5.41) is 0. The Bertz CT molecular complexity index is 6.00. The maximum atomic E-state index is 4.81. The Balaban J connectivity index is 0. The summed E-state index contributed by atoms with van der Waals surface area (Å²) in [5.41, 5.74) is 0. The van der Waals surface area contributed by atoms with Gasteiger partial charge in [0.2, 0.25) is 0 Å². The summed E-state index contributed by atoms with van der Waals surface area (Å²) in [6, 6.07) is 0. The molecule has 0 saturated heterocycles. The van der Waals surface area contributed by atoms with E-state index in [1.165, 1.54) is 0 Å². The van der Waals surface area contributed by atoms with Gasteiger partial charge in [0.05, 0.1) is 0 Å². The van der Waals surface area contributed by atoms with Crippen molar-refractivity contribution in [1.82, 2.24) is 0 Å². The number of hydrogen-bond acceptors (Lipinski definition) is 0. The van der Waals surface area contributed by atoms with E-state index in [0.717, 1.165) is 0 Å². The molecule has 0 aliphatic rings. The van der Waals surface area contributed by atoms with Crippen LogP contribution in [-0.4, -0.2) is 29.6 Å². The Kier molecular flexibility index (Phi) is 21.4. The fraction of sp³-hybridized carbons (Fsp3) is 0. The van der Waals surface area contributed by atoms with E-state index in [4.69, 9.17) is 19.1 Å². The van der Waals surface area contributed by atoms with Crippen LogP contribution >= 0.6 is 19.1 Å². The molecular formula is Cl2NaPd. The van der Waals surface area contributed by atoms with E-state index in [-0.39, 0.29) is 45.5 Å². The van der Waals surface area contributed by atoms with E-state index in [1.807, 2.05) is 0 Å². The molecule has 0 nitrogen and oxygen atoms in total.